The molecule has 0 bridgehead atoms. The summed E-state index contributed by atoms with van der Waals surface area (Å²) in [5.74, 6) is -1.86. The van der Waals surface area contributed by atoms with E-state index in [-0.39, 0.29) is 31.2 Å². The molecule has 0 spiro atoms. The molecule has 0 aliphatic rings. The lowest BCUT2D eigenvalue weighted by Crippen LogP contribution is -2.55. The Labute approximate surface area is 351 Å². The molecule has 2 unspecified atom stereocenters. The lowest BCUT2D eigenvalue weighted by atomic mass is 10.0. The zero-order chi connectivity index (χ0) is 43.5. The molecule has 0 aliphatic heterocycles. The van der Waals surface area contributed by atoms with E-state index in [1.54, 1.807) is 27.0 Å². The lowest BCUT2D eigenvalue weighted by molar-refractivity contribution is -0.130. The minimum Gasteiger partial charge on any atom is -0.444 e. The topological polar surface area (TPSA) is 226 Å². The summed E-state index contributed by atoms with van der Waals surface area (Å²) in [7, 11) is 0. The number of nitrogens with one attached hydrogen (secondary N) is 7. The van der Waals surface area contributed by atoms with Gasteiger partial charge in [0.2, 0.25) is 23.6 Å². The van der Waals surface area contributed by atoms with Crippen molar-refractivity contribution < 1.29 is 33.5 Å². The number of rotatable bonds is 22. The minimum absolute atomic E-state index is 0.128. The van der Waals surface area contributed by atoms with E-state index in [4.69, 9.17) is 10.5 Å². The zero-order valence-electron chi connectivity index (χ0n) is 35.0. The quantitative estimate of drug-likeness (QED) is 0.0489. The van der Waals surface area contributed by atoms with Gasteiger partial charge in [-0.1, -0.05) is 73.2 Å². The van der Waals surface area contributed by atoms with Gasteiger partial charge in [-0.25, -0.2) is 9.59 Å². The molecule has 0 fully saturated rings. The van der Waals surface area contributed by atoms with Gasteiger partial charge in [0.1, 0.15) is 23.7 Å². The number of unbranched alkanes of at least 4 members (excludes halogenated alkanes) is 3. The van der Waals surface area contributed by atoms with Crippen LogP contribution in [0.2, 0.25) is 0 Å². The molecule has 0 saturated heterocycles. The molecule has 0 aliphatic carbocycles. The first-order valence-corrected chi connectivity index (χ1v) is 20.5. The van der Waals surface area contributed by atoms with E-state index in [0.29, 0.717) is 57.3 Å². The summed E-state index contributed by atoms with van der Waals surface area (Å²) in [5, 5.41) is 17.8. The molecule has 15 heteroatoms. The van der Waals surface area contributed by atoms with Crippen LogP contribution in [-0.2, 0) is 36.8 Å². The summed E-state index contributed by atoms with van der Waals surface area (Å²) in [6.07, 6.45) is 4.61. The number of amides is 7. The lowest BCUT2D eigenvalue weighted by Gasteiger charge is -2.25. The number of benzene rings is 3. The van der Waals surface area contributed by atoms with Gasteiger partial charge >= 0.3 is 12.1 Å². The first-order chi connectivity index (χ1) is 28.7. The predicted octanol–water partition coefficient (Wildman–Crippen LogP) is 5.28. The van der Waals surface area contributed by atoms with E-state index >= 15 is 0 Å². The summed E-state index contributed by atoms with van der Waals surface area (Å²) >= 11 is 0. The first-order valence-electron chi connectivity index (χ1n) is 20.5. The van der Waals surface area contributed by atoms with Gasteiger partial charge in [-0.05, 0) is 88.6 Å². The molecular formula is C45H60N8O7. The highest BCUT2D eigenvalue weighted by Crippen LogP contribution is 2.20. The molecule has 4 aromatic rings. The smallest absolute Gasteiger partial charge is 0.408 e. The molecule has 7 amide bonds. The minimum atomic E-state index is -1.07. The highest BCUT2D eigenvalue weighted by molar-refractivity contribution is 5.93. The monoisotopic (exact) mass is 824 g/mol. The second-order valence-corrected chi connectivity index (χ2v) is 15.8. The predicted molar refractivity (Wildman–Crippen MR) is 232 cm³/mol. The molecule has 1 aromatic heterocycles. The van der Waals surface area contributed by atoms with Crippen LogP contribution in [0.25, 0.3) is 10.9 Å². The molecular weight excluding hydrogens is 765 g/mol. The van der Waals surface area contributed by atoms with E-state index in [1.165, 1.54) is 0 Å². The van der Waals surface area contributed by atoms with Crippen molar-refractivity contribution in [3.05, 3.63) is 102 Å². The number of hydrogen-bond donors (Lipinski definition) is 8. The third-order valence-electron chi connectivity index (χ3n) is 9.68. The van der Waals surface area contributed by atoms with E-state index in [9.17, 15) is 28.8 Å². The molecule has 9 N–H and O–H groups in total. The number of primary amides is 1. The van der Waals surface area contributed by atoms with Crippen LogP contribution in [0.5, 0.6) is 0 Å². The Hall–Kier alpha value is -6.38. The maximum absolute atomic E-state index is 14.0. The molecule has 15 nitrogen and oxygen atoms in total. The highest BCUT2D eigenvalue weighted by atomic mass is 16.6. The number of aromatic amines is 1. The molecule has 3 aromatic carbocycles. The van der Waals surface area contributed by atoms with E-state index in [1.807, 2.05) is 85.8 Å². The second kappa shape index (κ2) is 23.3. The molecule has 0 radical (unpaired) electrons. The van der Waals surface area contributed by atoms with Crippen LogP contribution in [0.1, 0.15) is 82.4 Å². The Morgan fingerprint density at radius 2 is 1.38 bits per heavy atom. The van der Waals surface area contributed by atoms with Crippen molar-refractivity contribution in [2.45, 2.75) is 109 Å². The molecule has 0 saturated carbocycles. The van der Waals surface area contributed by atoms with Crippen molar-refractivity contribution in [1.82, 2.24) is 31.6 Å². The number of hydrogen-bond acceptors (Lipinski definition) is 7. The second-order valence-electron chi connectivity index (χ2n) is 15.8. The normalized spacial score (nSPS) is 12.7. The van der Waals surface area contributed by atoms with E-state index in [0.717, 1.165) is 27.6 Å². The molecule has 322 valence electrons. The van der Waals surface area contributed by atoms with Crippen molar-refractivity contribution in [3.63, 3.8) is 0 Å². The van der Waals surface area contributed by atoms with Gasteiger partial charge in [-0.3, -0.25) is 19.2 Å². The fourth-order valence-electron chi connectivity index (χ4n) is 6.54. The third-order valence-corrected chi connectivity index (χ3v) is 9.68. The van der Waals surface area contributed by atoms with Crippen molar-refractivity contribution in [1.29, 1.82) is 0 Å². The summed E-state index contributed by atoms with van der Waals surface area (Å²) in [6, 6.07) is 21.2. The van der Waals surface area contributed by atoms with Gasteiger partial charge < -0.3 is 47.4 Å². The van der Waals surface area contributed by atoms with Crippen molar-refractivity contribution >= 4 is 52.3 Å². The number of carbonyl (C=O) groups excluding carboxylic acids is 6. The summed E-state index contributed by atoms with van der Waals surface area (Å²) in [6.45, 7) is 7.71. The summed E-state index contributed by atoms with van der Waals surface area (Å²) < 4.78 is 5.48. The van der Waals surface area contributed by atoms with Crippen LogP contribution in [0, 0.1) is 6.92 Å². The maximum atomic E-state index is 14.0. The number of aromatic nitrogens is 1. The SMILES string of the molecule is Cc1ccccc1NC(=O)NCCCC[C@H](NC(=O)C(Cc1c[nH]c2ccccc12)NC(=O)OC(C)(C)C)C(=O)NCCCCCC(=O)NC(Cc1ccccc1)C(N)=O. The third kappa shape index (κ3) is 16.1. The number of aryl methyl sites for hydroxylation is 1. The largest absolute Gasteiger partial charge is 0.444 e. The average molecular weight is 825 g/mol. The van der Waals surface area contributed by atoms with Gasteiger partial charge in [0, 0.05) is 55.1 Å². The van der Waals surface area contributed by atoms with Gasteiger partial charge in [0.25, 0.3) is 0 Å². The number of ether oxygens (including phenoxy) is 1. The summed E-state index contributed by atoms with van der Waals surface area (Å²) in [4.78, 5) is 80.9. The van der Waals surface area contributed by atoms with Crippen LogP contribution in [-0.4, -0.2) is 77.6 Å². The number of carbonyl (C=O) groups is 6. The number of anilines is 1. The molecule has 1 heterocycles. The maximum Gasteiger partial charge on any atom is 0.408 e. The van der Waals surface area contributed by atoms with Gasteiger partial charge in [0.05, 0.1) is 0 Å². The van der Waals surface area contributed by atoms with Crippen LogP contribution in [0.15, 0.2) is 85.1 Å². The number of para-hydroxylation sites is 2. The highest BCUT2D eigenvalue weighted by Gasteiger charge is 2.29. The van der Waals surface area contributed by atoms with E-state index in [2.05, 4.69) is 36.9 Å². The van der Waals surface area contributed by atoms with Crippen molar-refractivity contribution in [2.24, 2.45) is 5.73 Å². The fraction of sp³-hybridized carbons (Fsp3) is 0.422. The number of H-pyrrole nitrogens is 1. The standard InChI is InChI=1S/C45H60N8O7/c1-30-17-10-12-21-34(30)52-43(58)48-26-16-14-23-36(41(56)47-25-15-6-9-24-39(54)50-37(40(46)55)27-31-18-7-5-8-19-31)51-42(57)38(53-44(59)60-45(2,3)4)28-32-29-49-35-22-13-11-20-33(32)35/h5,7-8,10-13,17-22,29,36-38,49H,6,9,14-16,23-28H2,1-4H3,(H2,46,55)(H,47,56)(H,50,54)(H,51,57)(H,53,59)(H2,48,52,58)/t36-,37?,38?/m0/s1. The van der Waals surface area contributed by atoms with Crippen LogP contribution in [0.3, 0.4) is 0 Å². The Kier molecular flexibility index (Phi) is 18.0. The van der Waals surface area contributed by atoms with E-state index < -0.39 is 47.5 Å². The number of urea groups is 1. The van der Waals surface area contributed by atoms with Crippen LogP contribution >= 0.6 is 0 Å². The number of nitrogens with two attached hydrogens (primary N) is 1. The molecule has 4 rings (SSSR count). The van der Waals surface area contributed by atoms with Crippen LogP contribution in [0.4, 0.5) is 15.3 Å². The zero-order valence-corrected chi connectivity index (χ0v) is 35.0. The van der Waals surface area contributed by atoms with Gasteiger partial charge in [-0.15, -0.1) is 0 Å². The van der Waals surface area contributed by atoms with Crippen molar-refractivity contribution in [3.8, 4) is 0 Å². The average Bonchev–Trinajstić information content (AvgIpc) is 3.61. The van der Waals surface area contributed by atoms with Crippen molar-refractivity contribution in [2.75, 3.05) is 18.4 Å². The Bertz CT molecular complexity index is 2050. The molecule has 3 atom stereocenters. The van der Waals surface area contributed by atoms with Crippen LogP contribution < -0.4 is 37.6 Å². The Morgan fingerprint density at radius 3 is 2.12 bits per heavy atom. The van der Waals surface area contributed by atoms with Gasteiger partial charge in [0.15, 0.2) is 0 Å². The summed E-state index contributed by atoms with van der Waals surface area (Å²) in [5.41, 5.74) is 8.93. The Morgan fingerprint density at radius 1 is 0.700 bits per heavy atom. The fourth-order valence-corrected chi connectivity index (χ4v) is 6.54. The van der Waals surface area contributed by atoms with Gasteiger partial charge in [-0.2, -0.15) is 0 Å². The first kappa shape index (κ1) is 46.3. The Balaban J connectivity index is 1.34. The number of fused-ring (bicyclic) bond motifs is 1. The number of alkyl carbamates (subject to hydrolysis) is 1. The molecule has 60 heavy (non-hydrogen) atoms.